The van der Waals surface area contributed by atoms with Crippen LogP contribution >= 0.6 is 0 Å². The fourth-order valence-corrected chi connectivity index (χ4v) is 3.04. The lowest BCUT2D eigenvalue weighted by Gasteiger charge is -2.35. The Morgan fingerprint density at radius 2 is 1.87 bits per heavy atom. The van der Waals surface area contributed by atoms with Crippen LogP contribution in [0.25, 0.3) is 0 Å². The molecule has 1 saturated carbocycles. The molecule has 1 aromatic carbocycles. The summed E-state index contributed by atoms with van der Waals surface area (Å²) in [6, 6.07) is 5.86. The normalized spacial score (nSPS) is 16.5. The lowest BCUT2D eigenvalue weighted by atomic mass is 9.81. The number of carbonyl (C=O) groups is 2. The second kappa shape index (κ2) is 7.49. The maximum absolute atomic E-state index is 12.3. The van der Waals surface area contributed by atoms with Gasteiger partial charge in [0.2, 0.25) is 0 Å². The first-order valence-corrected chi connectivity index (χ1v) is 8.06. The summed E-state index contributed by atoms with van der Waals surface area (Å²) in [5.74, 6) is 0.0337. The van der Waals surface area contributed by atoms with Crippen molar-refractivity contribution in [2.75, 3.05) is 13.7 Å². The van der Waals surface area contributed by atoms with Crippen molar-refractivity contribution >= 4 is 11.9 Å². The van der Waals surface area contributed by atoms with Crippen molar-refractivity contribution in [3.63, 3.8) is 0 Å². The number of methoxy groups -OCH3 is 1. The van der Waals surface area contributed by atoms with Crippen LogP contribution in [-0.4, -0.2) is 31.1 Å². The van der Waals surface area contributed by atoms with Crippen molar-refractivity contribution in [1.82, 2.24) is 5.32 Å². The zero-order valence-corrected chi connectivity index (χ0v) is 14.1. The van der Waals surface area contributed by atoms with Crippen LogP contribution in [0.5, 0.6) is 5.75 Å². The Morgan fingerprint density at radius 1 is 1.17 bits per heavy atom. The highest BCUT2D eigenvalue weighted by Gasteiger charge is 2.41. The molecule has 1 aliphatic carbocycles. The highest BCUT2D eigenvalue weighted by atomic mass is 16.5. The predicted octanol–water partition coefficient (Wildman–Crippen LogP) is 2.67. The van der Waals surface area contributed by atoms with Crippen molar-refractivity contribution in [2.45, 2.75) is 51.5 Å². The standard InChI is InChI=1S/C18H25NO4/c1-13-7-8-14(2)15(11-13)23-12-16(20)19-18(17(21)22-3)9-5-4-6-10-18/h7-8,11H,4-6,9-10,12H2,1-3H3,(H,19,20). The molecule has 5 nitrogen and oxygen atoms in total. The van der Waals surface area contributed by atoms with E-state index in [-0.39, 0.29) is 18.5 Å². The summed E-state index contributed by atoms with van der Waals surface area (Å²) in [6.07, 6.45) is 4.14. The maximum Gasteiger partial charge on any atom is 0.331 e. The average molecular weight is 319 g/mol. The molecule has 2 rings (SSSR count). The van der Waals surface area contributed by atoms with Crippen molar-refractivity contribution in [2.24, 2.45) is 0 Å². The Morgan fingerprint density at radius 3 is 2.52 bits per heavy atom. The van der Waals surface area contributed by atoms with Gasteiger partial charge in [0.1, 0.15) is 11.3 Å². The second-order valence-corrected chi connectivity index (χ2v) is 6.24. The fraction of sp³-hybridized carbons (Fsp3) is 0.556. The molecule has 0 saturated heterocycles. The molecule has 0 radical (unpaired) electrons. The minimum absolute atomic E-state index is 0.108. The molecule has 1 aromatic rings. The first-order chi connectivity index (χ1) is 11.0. The largest absolute Gasteiger partial charge is 0.483 e. The van der Waals surface area contributed by atoms with E-state index in [2.05, 4.69) is 5.32 Å². The molecular formula is C18H25NO4. The molecule has 0 spiro atoms. The van der Waals surface area contributed by atoms with Gasteiger partial charge in [-0.2, -0.15) is 0 Å². The first-order valence-electron chi connectivity index (χ1n) is 8.06. The van der Waals surface area contributed by atoms with E-state index < -0.39 is 5.54 Å². The second-order valence-electron chi connectivity index (χ2n) is 6.24. The highest BCUT2D eigenvalue weighted by Crippen LogP contribution is 2.29. The molecule has 1 amide bonds. The molecule has 126 valence electrons. The monoisotopic (exact) mass is 319 g/mol. The van der Waals surface area contributed by atoms with E-state index in [0.29, 0.717) is 18.6 Å². The highest BCUT2D eigenvalue weighted by molar-refractivity contribution is 5.88. The first kappa shape index (κ1) is 17.3. The molecule has 0 unspecified atom stereocenters. The minimum atomic E-state index is -0.894. The molecule has 1 fully saturated rings. The van der Waals surface area contributed by atoms with Crippen molar-refractivity contribution in [3.05, 3.63) is 29.3 Å². The molecule has 1 aliphatic rings. The molecule has 1 N–H and O–H groups in total. The number of amides is 1. The summed E-state index contributed by atoms with van der Waals surface area (Å²) in [4.78, 5) is 24.4. The lowest BCUT2D eigenvalue weighted by molar-refractivity contribution is -0.152. The fourth-order valence-electron chi connectivity index (χ4n) is 3.04. The summed E-state index contributed by atoms with van der Waals surface area (Å²) in [5, 5.41) is 2.85. The van der Waals surface area contributed by atoms with E-state index in [9.17, 15) is 9.59 Å². The van der Waals surface area contributed by atoms with Crippen molar-refractivity contribution in [3.8, 4) is 5.75 Å². The van der Waals surface area contributed by atoms with Gasteiger partial charge in [-0.15, -0.1) is 0 Å². The van der Waals surface area contributed by atoms with Crippen LogP contribution < -0.4 is 10.1 Å². The molecule has 23 heavy (non-hydrogen) atoms. The third-order valence-corrected chi connectivity index (χ3v) is 4.36. The van der Waals surface area contributed by atoms with Crippen molar-refractivity contribution < 1.29 is 19.1 Å². The maximum atomic E-state index is 12.3. The third-order valence-electron chi connectivity index (χ3n) is 4.36. The Bertz CT molecular complexity index is 576. The van der Waals surface area contributed by atoms with Gasteiger partial charge in [0.05, 0.1) is 7.11 Å². The lowest BCUT2D eigenvalue weighted by Crippen LogP contribution is -2.57. The van der Waals surface area contributed by atoms with Gasteiger partial charge >= 0.3 is 5.97 Å². The van der Waals surface area contributed by atoms with Crippen LogP contribution in [0.15, 0.2) is 18.2 Å². The number of aryl methyl sites for hydroxylation is 2. The molecule has 0 aliphatic heterocycles. The molecule has 0 heterocycles. The number of hydrogen-bond acceptors (Lipinski definition) is 4. The summed E-state index contributed by atoms with van der Waals surface area (Å²) < 4.78 is 10.5. The van der Waals surface area contributed by atoms with E-state index in [1.165, 1.54) is 7.11 Å². The number of hydrogen-bond donors (Lipinski definition) is 1. The Hall–Kier alpha value is -2.04. The van der Waals surface area contributed by atoms with Crippen LogP contribution in [0.3, 0.4) is 0 Å². The van der Waals surface area contributed by atoms with Crippen LogP contribution in [0.4, 0.5) is 0 Å². The Labute approximate surface area is 137 Å². The van der Waals surface area contributed by atoms with Gasteiger partial charge in [-0.1, -0.05) is 31.4 Å². The summed E-state index contributed by atoms with van der Waals surface area (Å²) in [5.41, 5.74) is 1.16. The van der Waals surface area contributed by atoms with Crippen LogP contribution in [-0.2, 0) is 14.3 Å². The minimum Gasteiger partial charge on any atom is -0.483 e. The molecule has 0 atom stereocenters. The predicted molar refractivity (Wildman–Crippen MR) is 87.4 cm³/mol. The van der Waals surface area contributed by atoms with Gasteiger partial charge in [-0.05, 0) is 43.9 Å². The SMILES string of the molecule is COC(=O)C1(NC(=O)COc2cc(C)ccc2C)CCCCC1. The Kier molecular flexibility index (Phi) is 5.64. The van der Waals surface area contributed by atoms with Gasteiger partial charge in [0, 0.05) is 0 Å². The van der Waals surface area contributed by atoms with E-state index in [1.807, 2.05) is 32.0 Å². The van der Waals surface area contributed by atoms with Crippen LogP contribution in [0, 0.1) is 13.8 Å². The van der Waals surface area contributed by atoms with Gasteiger partial charge in [0.15, 0.2) is 6.61 Å². The van der Waals surface area contributed by atoms with E-state index >= 15 is 0 Å². The third kappa shape index (κ3) is 4.24. The number of carbonyl (C=O) groups excluding carboxylic acids is 2. The van der Waals surface area contributed by atoms with E-state index in [4.69, 9.17) is 9.47 Å². The number of benzene rings is 1. The van der Waals surface area contributed by atoms with E-state index in [0.717, 1.165) is 30.4 Å². The molecular weight excluding hydrogens is 294 g/mol. The van der Waals surface area contributed by atoms with Gasteiger partial charge < -0.3 is 14.8 Å². The molecule has 5 heteroatoms. The summed E-state index contributed by atoms with van der Waals surface area (Å²) >= 11 is 0. The number of ether oxygens (including phenoxy) is 2. The van der Waals surface area contributed by atoms with Crippen LogP contribution in [0.2, 0.25) is 0 Å². The van der Waals surface area contributed by atoms with Crippen molar-refractivity contribution in [1.29, 1.82) is 0 Å². The zero-order chi connectivity index (χ0) is 16.9. The number of rotatable bonds is 5. The van der Waals surface area contributed by atoms with Gasteiger partial charge in [0.25, 0.3) is 5.91 Å². The van der Waals surface area contributed by atoms with Crippen LogP contribution in [0.1, 0.15) is 43.2 Å². The number of esters is 1. The Balaban J connectivity index is 1.99. The smallest absolute Gasteiger partial charge is 0.331 e. The van der Waals surface area contributed by atoms with Gasteiger partial charge in [-0.3, -0.25) is 4.79 Å². The summed E-state index contributed by atoms with van der Waals surface area (Å²) in [7, 11) is 1.36. The van der Waals surface area contributed by atoms with E-state index in [1.54, 1.807) is 0 Å². The zero-order valence-electron chi connectivity index (χ0n) is 14.1. The van der Waals surface area contributed by atoms with Gasteiger partial charge in [-0.25, -0.2) is 4.79 Å². The molecule has 0 bridgehead atoms. The molecule has 0 aromatic heterocycles. The summed E-state index contributed by atoms with van der Waals surface area (Å²) in [6.45, 7) is 3.80. The topological polar surface area (TPSA) is 64.6 Å². The quantitative estimate of drug-likeness (QED) is 0.848. The number of nitrogens with one attached hydrogen (secondary N) is 1. The average Bonchev–Trinajstić information content (AvgIpc) is 2.55.